The van der Waals surface area contributed by atoms with Crippen molar-refractivity contribution in [2.24, 2.45) is 5.92 Å². The minimum atomic E-state index is 0.308. The largest absolute Gasteiger partial charge is 0.381 e. The SMILES string of the molecule is CNC(C1CCOC1)C1CN(C(C)C)CCO1. The van der Waals surface area contributed by atoms with Crippen molar-refractivity contribution in [1.82, 2.24) is 10.2 Å². The molecular weight excluding hydrogens is 216 g/mol. The second-order valence-electron chi connectivity index (χ2n) is 5.44. The highest BCUT2D eigenvalue weighted by atomic mass is 16.5. The number of hydrogen-bond donors (Lipinski definition) is 1. The molecule has 0 aromatic heterocycles. The fraction of sp³-hybridized carbons (Fsp3) is 1.00. The fourth-order valence-corrected chi connectivity index (χ4v) is 2.94. The molecular formula is C13H26N2O2. The summed E-state index contributed by atoms with van der Waals surface area (Å²) in [5, 5.41) is 3.44. The predicted octanol–water partition coefficient (Wildman–Crippen LogP) is 0.720. The quantitative estimate of drug-likeness (QED) is 0.787. The normalized spacial score (nSPS) is 33.2. The van der Waals surface area contributed by atoms with Crippen molar-refractivity contribution in [2.45, 2.75) is 38.5 Å². The summed E-state index contributed by atoms with van der Waals surface area (Å²) < 4.78 is 11.5. The molecule has 0 saturated carbocycles. The van der Waals surface area contributed by atoms with E-state index >= 15 is 0 Å². The lowest BCUT2D eigenvalue weighted by Gasteiger charge is -2.40. The molecule has 3 atom stereocenters. The Morgan fingerprint density at radius 3 is 2.71 bits per heavy atom. The standard InChI is InChI=1S/C13H26N2O2/c1-10(2)15-5-7-17-12(8-15)13(14-3)11-4-6-16-9-11/h10-14H,4-9H2,1-3H3. The summed E-state index contributed by atoms with van der Waals surface area (Å²) in [5.41, 5.74) is 0. The molecule has 1 N–H and O–H groups in total. The Hall–Kier alpha value is -0.160. The molecule has 0 amide bonds. The number of nitrogens with one attached hydrogen (secondary N) is 1. The third-order valence-electron chi connectivity index (χ3n) is 4.06. The zero-order valence-electron chi connectivity index (χ0n) is 11.3. The van der Waals surface area contributed by atoms with Crippen molar-refractivity contribution in [1.29, 1.82) is 0 Å². The van der Waals surface area contributed by atoms with E-state index in [2.05, 4.69) is 24.1 Å². The number of rotatable bonds is 4. The zero-order chi connectivity index (χ0) is 12.3. The number of hydrogen-bond acceptors (Lipinski definition) is 4. The van der Waals surface area contributed by atoms with E-state index in [9.17, 15) is 0 Å². The Morgan fingerprint density at radius 2 is 2.12 bits per heavy atom. The molecule has 0 aromatic carbocycles. The third-order valence-corrected chi connectivity index (χ3v) is 4.06. The summed E-state index contributed by atoms with van der Waals surface area (Å²) in [6.07, 6.45) is 1.47. The van der Waals surface area contributed by atoms with Crippen LogP contribution < -0.4 is 5.32 Å². The maximum absolute atomic E-state index is 5.96. The van der Waals surface area contributed by atoms with Crippen molar-refractivity contribution < 1.29 is 9.47 Å². The van der Waals surface area contributed by atoms with Gasteiger partial charge in [-0.1, -0.05) is 0 Å². The van der Waals surface area contributed by atoms with E-state index in [1.54, 1.807) is 0 Å². The van der Waals surface area contributed by atoms with Gasteiger partial charge in [0.1, 0.15) is 0 Å². The van der Waals surface area contributed by atoms with Crippen molar-refractivity contribution in [3.05, 3.63) is 0 Å². The third kappa shape index (κ3) is 3.19. The monoisotopic (exact) mass is 242 g/mol. The molecule has 3 unspecified atom stereocenters. The van der Waals surface area contributed by atoms with E-state index in [-0.39, 0.29) is 0 Å². The summed E-state index contributed by atoms with van der Waals surface area (Å²) in [4.78, 5) is 2.51. The maximum atomic E-state index is 5.96. The molecule has 4 heteroatoms. The molecule has 0 radical (unpaired) electrons. The molecule has 2 saturated heterocycles. The van der Waals surface area contributed by atoms with Gasteiger partial charge in [0.25, 0.3) is 0 Å². The van der Waals surface area contributed by atoms with Crippen molar-refractivity contribution in [3.8, 4) is 0 Å². The lowest BCUT2D eigenvalue weighted by molar-refractivity contribution is -0.0638. The van der Waals surface area contributed by atoms with E-state index < -0.39 is 0 Å². The Morgan fingerprint density at radius 1 is 1.29 bits per heavy atom. The van der Waals surface area contributed by atoms with Gasteiger partial charge in [-0.2, -0.15) is 0 Å². The van der Waals surface area contributed by atoms with Crippen molar-refractivity contribution in [2.75, 3.05) is 40.0 Å². The molecule has 0 bridgehead atoms. The minimum Gasteiger partial charge on any atom is -0.381 e. The molecule has 100 valence electrons. The highest BCUT2D eigenvalue weighted by molar-refractivity contribution is 4.89. The Labute approximate surface area is 105 Å². The van der Waals surface area contributed by atoms with E-state index in [1.165, 1.54) is 0 Å². The van der Waals surface area contributed by atoms with Crippen LogP contribution in [0, 0.1) is 5.92 Å². The topological polar surface area (TPSA) is 33.7 Å². The van der Waals surface area contributed by atoms with Crippen LogP contribution in [0.2, 0.25) is 0 Å². The van der Waals surface area contributed by atoms with Gasteiger partial charge in [-0.25, -0.2) is 0 Å². The second-order valence-corrected chi connectivity index (χ2v) is 5.44. The van der Waals surface area contributed by atoms with E-state index in [0.29, 0.717) is 24.1 Å². The van der Waals surface area contributed by atoms with Crippen LogP contribution in [0.1, 0.15) is 20.3 Å². The lowest BCUT2D eigenvalue weighted by Crippen LogP contribution is -2.55. The van der Waals surface area contributed by atoms with Crippen LogP contribution in [0.3, 0.4) is 0 Å². The Bertz CT molecular complexity index is 229. The maximum Gasteiger partial charge on any atom is 0.0858 e. The van der Waals surface area contributed by atoms with E-state index in [0.717, 1.165) is 39.3 Å². The Kier molecular flexibility index (Phi) is 4.79. The molecule has 2 fully saturated rings. The van der Waals surface area contributed by atoms with Gasteiger partial charge in [-0.05, 0) is 27.3 Å². The molecule has 4 nitrogen and oxygen atoms in total. The van der Waals surface area contributed by atoms with Crippen molar-refractivity contribution >= 4 is 0 Å². The van der Waals surface area contributed by atoms with Crippen molar-refractivity contribution in [3.63, 3.8) is 0 Å². The summed E-state index contributed by atoms with van der Waals surface area (Å²) in [5.74, 6) is 0.608. The summed E-state index contributed by atoms with van der Waals surface area (Å²) >= 11 is 0. The van der Waals surface area contributed by atoms with Gasteiger partial charge in [0, 0.05) is 37.7 Å². The van der Waals surface area contributed by atoms with Crippen LogP contribution in [-0.4, -0.2) is 63.0 Å². The molecule has 2 aliphatic heterocycles. The van der Waals surface area contributed by atoms with Gasteiger partial charge in [0.2, 0.25) is 0 Å². The summed E-state index contributed by atoms with van der Waals surface area (Å²) in [6, 6.07) is 1.04. The van der Waals surface area contributed by atoms with Gasteiger partial charge in [0.05, 0.1) is 19.3 Å². The lowest BCUT2D eigenvalue weighted by atomic mass is 9.93. The average Bonchev–Trinajstić information content (AvgIpc) is 2.84. The summed E-state index contributed by atoms with van der Waals surface area (Å²) in [6.45, 7) is 9.27. The summed E-state index contributed by atoms with van der Waals surface area (Å²) in [7, 11) is 2.04. The molecule has 0 aromatic rings. The highest BCUT2D eigenvalue weighted by Crippen LogP contribution is 2.23. The van der Waals surface area contributed by atoms with Gasteiger partial charge < -0.3 is 14.8 Å². The highest BCUT2D eigenvalue weighted by Gasteiger charge is 2.34. The number of nitrogens with zero attached hydrogens (tertiary/aromatic N) is 1. The van der Waals surface area contributed by atoms with Crippen LogP contribution in [-0.2, 0) is 9.47 Å². The molecule has 2 aliphatic rings. The first-order valence-electron chi connectivity index (χ1n) is 6.83. The minimum absolute atomic E-state index is 0.308. The molecule has 2 rings (SSSR count). The fourth-order valence-electron chi connectivity index (χ4n) is 2.94. The second kappa shape index (κ2) is 6.14. The molecule has 2 heterocycles. The first kappa shape index (κ1) is 13.3. The van der Waals surface area contributed by atoms with E-state index in [4.69, 9.17) is 9.47 Å². The average molecular weight is 242 g/mol. The number of morpholine rings is 1. The molecule has 0 aliphatic carbocycles. The van der Waals surface area contributed by atoms with Gasteiger partial charge in [-0.15, -0.1) is 0 Å². The van der Waals surface area contributed by atoms with Gasteiger partial charge >= 0.3 is 0 Å². The van der Waals surface area contributed by atoms with Crippen LogP contribution in [0.4, 0.5) is 0 Å². The van der Waals surface area contributed by atoms with Crippen LogP contribution >= 0.6 is 0 Å². The van der Waals surface area contributed by atoms with E-state index in [1.807, 2.05) is 7.05 Å². The first-order chi connectivity index (χ1) is 8.22. The molecule has 17 heavy (non-hydrogen) atoms. The zero-order valence-corrected chi connectivity index (χ0v) is 11.3. The van der Waals surface area contributed by atoms with Gasteiger partial charge in [0.15, 0.2) is 0 Å². The number of ether oxygens (including phenoxy) is 2. The van der Waals surface area contributed by atoms with Gasteiger partial charge in [-0.3, -0.25) is 4.90 Å². The first-order valence-corrected chi connectivity index (χ1v) is 6.83. The smallest absolute Gasteiger partial charge is 0.0858 e. The van der Waals surface area contributed by atoms with Crippen LogP contribution in [0.5, 0.6) is 0 Å². The Balaban J connectivity index is 1.93. The predicted molar refractivity (Wildman–Crippen MR) is 68.2 cm³/mol. The molecule has 0 spiro atoms. The van der Waals surface area contributed by atoms with Crippen LogP contribution in [0.15, 0.2) is 0 Å². The van der Waals surface area contributed by atoms with Crippen LogP contribution in [0.25, 0.3) is 0 Å². The number of likely N-dealkylation sites (N-methyl/N-ethyl adjacent to an activating group) is 1.